The number of benzene rings is 2. The Kier molecular flexibility index (Phi) is 5.30. The topological polar surface area (TPSA) is 134 Å². The zero-order chi connectivity index (χ0) is 24.5. The Bertz CT molecular complexity index is 1710. The van der Waals surface area contributed by atoms with Gasteiger partial charge in [0.05, 0.1) is 30.7 Å². The Balaban J connectivity index is 1.30. The molecule has 36 heavy (non-hydrogen) atoms. The van der Waals surface area contributed by atoms with Gasteiger partial charge in [-0.15, -0.1) is 0 Å². The number of methoxy groups -OCH3 is 1. The van der Waals surface area contributed by atoms with E-state index in [-0.39, 0.29) is 12.2 Å². The van der Waals surface area contributed by atoms with Crippen molar-refractivity contribution in [1.29, 1.82) is 0 Å². The highest BCUT2D eigenvalue weighted by Crippen LogP contribution is 2.28. The molecule has 0 unspecified atom stereocenters. The third-order valence-electron chi connectivity index (χ3n) is 5.82. The molecule has 0 amide bonds. The standard InChI is InChI=1S/C26H20N8O2/c1-36-25-12-24(30-19-4-5-20-18(9-19)14-29-34-20)32-26(33-25)17-3-2-16-10-22(31-21(16)11-17)23(35)8-15-6-7-27-28-13-15/h2-7,9-14,31H,8H2,1H3,(H,29,34)(H,30,32,33). The van der Waals surface area contributed by atoms with Crippen molar-refractivity contribution in [1.82, 2.24) is 35.3 Å². The van der Waals surface area contributed by atoms with Gasteiger partial charge in [-0.05, 0) is 42.0 Å². The molecule has 0 aliphatic heterocycles. The van der Waals surface area contributed by atoms with E-state index in [0.717, 1.165) is 38.6 Å². The number of ether oxygens (including phenoxy) is 1. The lowest BCUT2D eigenvalue weighted by Crippen LogP contribution is -2.04. The number of carbonyl (C=O) groups is 1. The Labute approximate surface area is 204 Å². The van der Waals surface area contributed by atoms with Crippen molar-refractivity contribution in [3.05, 3.63) is 84.4 Å². The Morgan fingerprint density at radius 2 is 1.89 bits per heavy atom. The van der Waals surface area contributed by atoms with Crippen molar-refractivity contribution >= 4 is 39.1 Å². The van der Waals surface area contributed by atoms with E-state index < -0.39 is 0 Å². The first kappa shape index (κ1) is 21.4. The molecular weight excluding hydrogens is 456 g/mol. The van der Waals surface area contributed by atoms with Crippen molar-refractivity contribution in [3.63, 3.8) is 0 Å². The molecular formula is C26H20N8O2. The van der Waals surface area contributed by atoms with Crippen molar-refractivity contribution in [2.24, 2.45) is 0 Å². The Morgan fingerprint density at radius 3 is 2.75 bits per heavy atom. The number of nitrogens with zero attached hydrogens (tertiary/aromatic N) is 5. The summed E-state index contributed by atoms with van der Waals surface area (Å²) in [6.45, 7) is 0. The van der Waals surface area contributed by atoms with Gasteiger partial charge < -0.3 is 15.0 Å². The van der Waals surface area contributed by atoms with Crippen LogP contribution in [0.25, 0.3) is 33.2 Å². The molecule has 0 bridgehead atoms. The summed E-state index contributed by atoms with van der Waals surface area (Å²) in [4.78, 5) is 25.2. The second kappa shape index (κ2) is 8.91. The van der Waals surface area contributed by atoms with Crippen LogP contribution in [0, 0.1) is 0 Å². The minimum absolute atomic E-state index is 0.0283. The lowest BCUT2D eigenvalue weighted by Gasteiger charge is -2.10. The van der Waals surface area contributed by atoms with Crippen molar-refractivity contribution in [2.75, 3.05) is 12.4 Å². The third-order valence-corrected chi connectivity index (χ3v) is 5.82. The molecule has 4 aromatic heterocycles. The third kappa shape index (κ3) is 4.23. The van der Waals surface area contributed by atoms with Crippen LogP contribution in [0.4, 0.5) is 11.5 Å². The fraction of sp³-hybridized carbons (Fsp3) is 0.0769. The summed E-state index contributed by atoms with van der Waals surface area (Å²) in [5.74, 6) is 1.49. The molecule has 10 nitrogen and oxygen atoms in total. The number of fused-ring (bicyclic) bond motifs is 2. The van der Waals surface area contributed by atoms with Gasteiger partial charge in [0.25, 0.3) is 0 Å². The molecule has 0 saturated carbocycles. The molecule has 0 radical (unpaired) electrons. The molecule has 176 valence electrons. The van der Waals surface area contributed by atoms with Crippen LogP contribution in [0.1, 0.15) is 16.1 Å². The Hall–Kier alpha value is -5.12. The number of nitrogens with one attached hydrogen (secondary N) is 3. The summed E-state index contributed by atoms with van der Waals surface area (Å²) in [6, 6.07) is 17.0. The predicted molar refractivity (Wildman–Crippen MR) is 135 cm³/mol. The second-order valence-electron chi connectivity index (χ2n) is 8.25. The van der Waals surface area contributed by atoms with Crippen LogP contribution in [0.15, 0.2) is 73.2 Å². The van der Waals surface area contributed by atoms with Crippen molar-refractivity contribution < 1.29 is 9.53 Å². The number of hydrogen-bond donors (Lipinski definition) is 3. The van der Waals surface area contributed by atoms with Gasteiger partial charge in [0.1, 0.15) is 5.82 Å². The number of aromatic nitrogens is 7. The molecule has 0 fully saturated rings. The first-order valence-electron chi connectivity index (χ1n) is 11.2. The smallest absolute Gasteiger partial charge is 0.218 e. The summed E-state index contributed by atoms with van der Waals surface area (Å²) in [7, 11) is 1.57. The Morgan fingerprint density at radius 1 is 0.944 bits per heavy atom. The average molecular weight is 477 g/mol. The molecule has 6 rings (SSSR count). The second-order valence-corrected chi connectivity index (χ2v) is 8.25. The fourth-order valence-corrected chi connectivity index (χ4v) is 4.01. The molecule has 4 heterocycles. The van der Waals surface area contributed by atoms with Crippen LogP contribution in [-0.2, 0) is 6.42 Å². The molecule has 10 heteroatoms. The van der Waals surface area contributed by atoms with E-state index in [2.05, 4.69) is 35.7 Å². The van der Waals surface area contributed by atoms with Crippen LogP contribution in [-0.4, -0.2) is 48.2 Å². The lowest BCUT2D eigenvalue weighted by atomic mass is 10.1. The number of hydrogen-bond acceptors (Lipinski definition) is 8. The number of H-pyrrole nitrogens is 2. The molecule has 0 spiro atoms. The van der Waals surface area contributed by atoms with Gasteiger partial charge in [0, 0.05) is 46.2 Å². The minimum Gasteiger partial charge on any atom is -0.481 e. The molecule has 0 aliphatic rings. The number of Topliss-reactive ketones (excluding diaryl/α,β-unsaturated/α-hetero) is 1. The van der Waals surface area contributed by atoms with Crippen molar-refractivity contribution in [2.45, 2.75) is 6.42 Å². The van der Waals surface area contributed by atoms with Gasteiger partial charge in [-0.25, -0.2) is 4.98 Å². The van der Waals surface area contributed by atoms with Crippen LogP contribution < -0.4 is 10.1 Å². The summed E-state index contributed by atoms with van der Waals surface area (Å²) in [5.41, 5.74) is 4.76. The van der Waals surface area contributed by atoms with Gasteiger partial charge in [0.2, 0.25) is 5.88 Å². The number of ketones is 1. The highest BCUT2D eigenvalue weighted by atomic mass is 16.5. The zero-order valence-corrected chi connectivity index (χ0v) is 19.2. The van der Waals surface area contributed by atoms with Gasteiger partial charge in [0.15, 0.2) is 11.6 Å². The predicted octanol–water partition coefficient (Wildman–Crippen LogP) is 4.47. The van der Waals surface area contributed by atoms with Crippen LogP contribution in [0.5, 0.6) is 5.88 Å². The first-order valence-corrected chi connectivity index (χ1v) is 11.2. The fourth-order valence-electron chi connectivity index (χ4n) is 4.01. The zero-order valence-electron chi connectivity index (χ0n) is 19.2. The number of rotatable bonds is 7. The molecule has 0 saturated heterocycles. The highest BCUT2D eigenvalue weighted by molar-refractivity contribution is 6.01. The van der Waals surface area contributed by atoms with Gasteiger partial charge >= 0.3 is 0 Å². The quantitative estimate of drug-likeness (QED) is 0.287. The van der Waals surface area contributed by atoms with E-state index in [0.29, 0.717) is 23.2 Å². The largest absolute Gasteiger partial charge is 0.481 e. The van der Waals surface area contributed by atoms with E-state index in [1.54, 1.807) is 37.8 Å². The summed E-state index contributed by atoms with van der Waals surface area (Å²) < 4.78 is 5.42. The molecule has 0 atom stereocenters. The molecule has 3 N–H and O–H groups in total. The monoisotopic (exact) mass is 476 g/mol. The van der Waals surface area contributed by atoms with Crippen LogP contribution in [0.2, 0.25) is 0 Å². The maximum Gasteiger partial charge on any atom is 0.218 e. The van der Waals surface area contributed by atoms with E-state index in [4.69, 9.17) is 9.72 Å². The van der Waals surface area contributed by atoms with E-state index in [1.165, 1.54) is 0 Å². The number of anilines is 2. The summed E-state index contributed by atoms with van der Waals surface area (Å²) in [6.07, 6.45) is 5.18. The number of aromatic amines is 2. The van der Waals surface area contributed by atoms with Gasteiger partial charge in [-0.3, -0.25) is 9.89 Å². The maximum atomic E-state index is 12.8. The van der Waals surface area contributed by atoms with Crippen LogP contribution >= 0.6 is 0 Å². The SMILES string of the molecule is COc1cc(Nc2ccc3[nH]ncc3c2)nc(-c2ccc3cc(C(=O)Cc4ccnnc4)[nH]c3c2)n1. The van der Waals surface area contributed by atoms with Gasteiger partial charge in [-0.2, -0.15) is 20.3 Å². The van der Waals surface area contributed by atoms with E-state index in [9.17, 15) is 4.79 Å². The maximum absolute atomic E-state index is 12.8. The average Bonchev–Trinajstić information content (AvgIpc) is 3.55. The highest BCUT2D eigenvalue weighted by Gasteiger charge is 2.13. The summed E-state index contributed by atoms with van der Waals surface area (Å²) >= 11 is 0. The minimum atomic E-state index is -0.0283. The van der Waals surface area contributed by atoms with E-state index >= 15 is 0 Å². The molecule has 2 aromatic carbocycles. The van der Waals surface area contributed by atoms with Crippen molar-refractivity contribution in [3.8, 4) is 17.3 Å². The normalized spacial score (nSPS) is 11.1. The summed E-state index contributed by atoms with van der Waals surface area (Å²) in [5, 5.41) is 19.8. The van der Waals surface area contributed by atoms with Gasteiger partial charge in [-0.1, -0.05) is 12.1 Å². The lowest BCUT2D eigenvalue weighted by molar-refractivity contribution is 0.0989. The first-order chi connectivity index (χ1) is 17.6. The van der Waals surface area contributed by atoms with Crippen LogP contribution in [0.3, 0.4) is 0 Å². The van der Waals surface area contributed by atoms with E-state index in [1.807, 2.05) is 42.5 Å². The molecule has 0 aliphatic carbocycles. The molecule has 6 aromatic rings. The number of carbonyl (C=O) groups excluding carboxylic acids is 1.